The molecule has 0 bridgehead atoms. The summed E-state index contributed by atoms with van der Waals surface area (Å²) in [7, 11) is -5.08. The van der Waals surface area contributed by atoms with Crippen LogP contribution in [0.5, 0.6) is 0 Å². The van der Waals surface area contributed by atoms with Crippen molar-refractivity contribution in [1.82, 2.24) is 0 Å². The van der Waals surface area contributed by atoms with Gasteiger partial charge in [-0.25, -0.2) is 13.9 Å². The van der Waals surface area contributed by atoms with Crippen LogP contribution >= 0.6 is 0 Å². The monoisotopic (exact) mass is 473 g/mol. The standard InChI is InChI=1S/C21H22F3NO6S/c1-3-31-20(27)18-17(19(26)30-2)16(13-9-5-4-6-10-13)14-11-7-8-12-15(14)25(18)32(28,29)21(22,23)24/h7-9,11-12,18H,3-6,10H2,1-2H3/t18-/m1/s1. The van der Waals surface area contributed by atoms with Crippen LogP contribution < -0.4 is 4.31 Å². The Bertz CT molecular complexity index is 1090. The first kappa shape index (κ1) is 23.8. The predicted molar refractivity (Wildman–Crippen MR) is 110 cm³/mol. The van der Waals surface area contributed by atoms with Gasteiger partial charge in [-0.05, 0) is 49.8 Å². The number of esters is 2. The molecule has 1 aromatic rings. The molecule has 0 saturated heterocycles. The number of halogens is 3. The van der Waals surface area contributed by atoms with E-state index in [9.17, 15) is 31.2 Å². The van der Waals surface area contributed by atoms with Crippen LogP contribution in [-0.2, 0) is 29.1 Å². The van der Waals surface area contributed by atoms with Gasteiger partial charge in [0.1, 0.15) is 0 Å². The quantitative estimate of drug-likeness (QED) is 0.606. The molecular weight excluding hydrogens is 451 g/mol. The minimum absolute atomic E-state index is 0.0700. The number of anilines is 1. The molecule has 0 saturated carbocycles. The van der Waals surface area contributed by atoms with Gasteiger partial charge in [-0.2, -0.15) is 21.6 Å². The zero-order valence-electron chi connectivity index (χ0n) is 17.4. The van der Waals surface area contributed by atoms with Crippen LogP contribution in [0, 0.1) is 0 Å². The first-order valence-electron chi connectivity index (χ1n) is 9.94. The van der Waals surface area contributed by atoms with Crippen molar-refractivity contribution in [3.8, 4) is 0 Å². The molecule has 2 aliphatic rings. The number of fused-ring (bicyclic) bond motifs is 1. The van der Waals surface area contributed by atoms with Gasteiger partial charge in [0.05, 0.1) is 25.0 Å². The third-order valence-electron chi connectivity index (χ3n) is 5.27. The van der Waals surface area contributed by atoms with Crippen LogP contribution in [0.25, 0.3) is 5.57 Å². The average Bonchev–Trinajstić information content (AvgIpc) is 2.76. The van der Waals surface area contributed by atoms with E-state index in [0.717, 1.165) is 20.0 Å². The molecule has 0 fully saturated rings. The van der Waals surface area contributed by atoms with E-state index in [2.05, 4.69) is 0 Å². The molecule has 1 aliphatic carbocycles. The number of nitrogens with zero attached hydrogens (tertiary/aromatic N) is 1. The minimum atomic E-state index is -6.08. The zero-order valence-corrected chi connectivity index (χ0v) is 18.3. The Balaban J connectivity index is 2.45. The van der Waals surface area contributed by atoms with Crippen molar-refractivity contribution < 1.29 is 40.7 Å². The van der Waals surface area contributed by atoms with Crippen LogP contribution in [0.1, 0.15) is 38.2 Å². The summed E-state index contributed by atoms with van der Waals surface area (Å²) in [6.07, 6.45) is 4.67. The molecule has 0 N–H and O–H groups in total. The molecule has 1 atom stereocenters. The summed E-state index contributed by atoms with van der Waals surface area (Å²) in [6, 6.07) is 3.27. The van der Waals surface area contributed by atoms with Crippen LogP contribution in [0.4, 0.5) is 18.9 Å². The number of carbonyl (C=O) groups is 2. The summed E-state index contributed by atoms with van der Waals surface area (Å²) >= 11 is 0. The molecule has 0 unspecified atom stereocenters. The molecule has 0 radical (unpaired) electrons. The lowest BCUT2D eigenvalue weighted by Gasteiger charge is -2.39. The Morgan fingerprint density at radius 1 is 1.19 bits per heavy atom. The van der Waals surface area contributed by atoms with E-state index in [0.29, 0.717) is 18.4 Å². The van der Waals surface area contributed by atoms with Crippen molar-refractivity contribution in [3.63, 3.8) is 0 Å². The van der Waals surface area contributed by atoms with Gasteiger partial charge in [-0.1, -0.05) is 24.3 Å². The molecule has 174 valence electrons. The smallest absolute Gasteiger partial charge is 0.466 e. The summed E-state index contributed by atoms with van der Waals surface area (Å²) in [5.41, 5.74) is -5.65. The molecule has 32 heavy (non-hydrogen) atoms. The SMILES string of the molecule is CCOC(=O)[C@H]1C(C(=O)OC)=C(C2=CCCCC2)c2ccccc2N1S(=O)(=O)C(F)(F)F. The number of benzene rings is 1. The topological polar surface area (TPSA) is 90.0 Å². The second-order valence-corrected chi connectivity index (χ2v) is 8.98. The molecule has 0 amide bonds. The predicted octanol–water partition coefficient (Wildman–Crippen LogP) is 3.71. The van der Waals surface area contributed by atoms with Crippen LogP contribution in [0.15, 0.2) is 41.5 Å². The van der Waals surface area contributed by atoms with Crippen molar-refractivity contribution in [2.24, 2.45) is 0 Å². The summed E-state index contributed by atoms with van der Waals surface area (Å²) in [5.74, 6) is -2.41. The maximum absolute atomic E-state index is 13.7. The van der Waals surface area contributed by atoms with Crippen molar-refractivity contribution >= 4 is 33.2 Å². The number of alkyl halides is 3. The second kappa shape index (κ2) is 8.97. The van der Waals surface area contributed by atoms with E-state index < -0.39 is 39.1 Å². The van der Waals surface area contributed by atoms with Crippen LogP contribution in [0.3, 0.4) is 0 Å². The molecule has 1 heterocycles. The van der Waals surface area contributed by atoms with Crippen LogP contribution in [-0.4, -0.2) is 45.6 Å². The van der Waals surface area contributed by atoms with E-state index in [1.807, 2.05) is 6.08 Å². The molecule has 3 rings (SSSR count). The Kier molecular flexibility index (Phi) is 6.68. The van der Waals surface area contributed by atoms with Crippen molar-refractivity contribution in [3.05, 3.63) is 47.1 Å². The van der Waals surface area contributed by atoms with Crippen molar-refractivity contribution in [2.45, 2.75) is 44.2 Å². The third kappa shape index (κ3) is 4.01. The molecule has 0 aromatic heterocycles. The Hall–Kier alpha value is -2.82. The summed E-state index contributed by atoms with van der Waals surface area (Å²) < 4.78 is 75.9. The van der Waals surface area contributed by atoms with Gasteiger partial charge in [0.15, 0.2) is 6.04 Å². The fourth-order valence-electron chi connectivity index (χ4n) is 3.96. The molecular formula is C21H22F3NO6S. The lowest BCUT2D eigenvalue weighted by Crippen LogP contribution is -2.54. The minimum Gasteiger partial charge on any atom is -0.466 e. The molecule has 1 aromatic carbocycles. The molecule has 1 aliphatic heterocycles. The van der Waals surface area contributed by atoms with E-state index in [1.165, 1.54) is 31.2 Å². The fraction of sp³-hybridized carbons (Fsp3) is 0.429. The van der Waals surface area contributed by atoms with E-state index in [4.69, 9.17) is 9.47 Å². The Morgan fingerprint density at radius 2 is 1.88 bits per heavy atom. The number of hydrogen-bond acceptors (Lipinski definition) is 6. The van der Waals surface area contributed by atoms with Gasteiger partial charge in [0, 0.05) is 5.56 Å². The average molecular weight is 473 g/mol. The Morgan fingerprint density at radius 3 is 2.44 bits per heavy atom. The number of allylic oxidation sites excluding steroid dienone is 3. The highest BCUT2D eigenvalue weighted by atomic mass is 32.2. The number of methoxy groups -OCH3 is 1. The van der Waals surface area contributed by atoms with E-state index in [1.54, 1.807) is 0 Å². The lowest BCUT2D eigenvalue weighted by molar-refractivity contribution is -0.146. The highest BCUT2D eigenvalue weighted by Gasteiger charge is 2.57. The first-order chi connectivity index (χ1) is 15.1. The summed E-state index contributed by atoms with van der Waals surface area (Å²) in [4.78, 5) is 25.7. The number of rotatable bonds is 5. The first-order valence-corrected chi connectivity index (χ1v) is 11.4. The second-order valence-electron chi connectivity index (χ2n) is 7.17. The fourth-order valence-corrected chi connectivity index (χ4v) is 5.07. The summed E-state index contributed by atoms with van der Waals surface area (Å²) in [5, 5.41) is 0. The van der Waals surface area contributed by atoms with Crippen molar-refractivity contribution in [2.75, 3.05) is 18.0 Å². The number of carbonyl (C=O) groups excluding carboxylic acids is 2. The molecule has 0 spiro atoms. The Labute approximate surface area is 183 Å². The van der Waals surface area contributed by atoms with Gasteiger partial charge in [-0.15, -0.1) is 0 Å². The highest BCUT2D eigenvalue weighted by molar-refractivity contribution is 7.93. The number of para-hydroxylation sites is 1. The summed E-state index contributed by atoms with van der Waals surface area (Å²) in [6.45, 7) is 1.19. The number of ether oxygens (including phenoxy) is 2. The highest BCUT2D eigenvalue weighted by Crippen LogP contribution is 2.47. The molecule has 7 nitrogen and oxygen atoms in total. The number of sulfonamides is 1. The van der Waals surface area contributed by atoms with Gasteiger partial charge in [-0.3, -0.25) is 0 Å². The van der Waals surface area contributed by atoms with Crippen LogP contribution in [0.2, 0.25) is 0 Å². The van der Waals surface area contributed by atoms with Gasteiger partial charge in [0.2, 0.25) is 0 Å². The largest absolute Gasteiger partial charge is 0.516 e. The van der Waals surface area contributed by atoms with E-state index >= 15 is 0 Å². The van der Waals surface area contributed by atoms with Gasteiger partial charge in [0.25, 0.3) is 0 Å². The number of hydrogen-bond donors (Lipinski definition) is 0. The maximum atomic E-state index is 13.7. The third-order valence-corrected chi connectivity index (χ3v) is 6.78. The molecule has 11 heteroatoms. The van der Waals surface area contributed by atoms with Crippen molar-refractivity contribution in [1.29, 1.82) is 0 Å². The normalized spacial score (nSPS) is 19.2. The van der Waals surface area contributed by atoms with Gasteiger partial charge < -0.3 is 9.47 Å². The van der Waals surface area contributed by atoms with E-state index in [-0.39, 0.29) is 27.7 Å². The zero-order chi connectivity index (χ0) is 23.7. The lowest BCUT2D eigenvalue weighted by atomic mass is 9.81. The van der Waals surface area contributed by atoms with Gasteiger partial charge >= 0.3 is 27.5 Å². The maximum Gasteiger partial charge on any atom is 0.516 e.